The Bertz CT molecular complexity index is 981. The first-order valence-corrected chi connectivity index (χ1v) is 10.6. The highest BCUT2D eigenvalue weighted by Crippen LogP contribution is 2.23. The van der Waals surface area contributed by atoms with E-state index in [1.54, 1.807) is 30.0 Å². The fraction of sp³-hybridized carbons (Fsp3) is 0.391. The Morgan fingerprint density at radius 1 is 1.28 bits per heavy atom. The maximum absolute atomic E-state index is 14.3. The van der Waals surface area contributed by atoms with Gasteiger partial charge in [-0.1, -0.05) is 18.7 Å². The zero-order valence-corrected chi connectivity index (χ0v) is 18.6. The van der Waals surface area contributed by atoms with Gasteiger partial charge in [-0.25, -0.2) is 4.39 Å². The van der Waals surface area contributed by atoms with Gasteiger partial charge in [-0.2, -0.15) is 0 Å². The number of piperazine rings is 1. The number of hydrogen-bond acceptors (Lipinski definition) is 6. The largest absolute Gasteiger partial charge is 0.360 e. The Kier molecular flexibility index (Phi) is 7.53. The molecule has 3 rings (SSSR count). The Morgan fingerprint density at radius 2 is 2.06 bits per heavy atom. The first kappa shape index (κ1) is 23.3. The van der Waals surface area contributed by atoms with Crippen LogP contribution in [-0.2, 0) is 4.79 Å². The monoisotopic (exact) mass is 440 g/mol. The zero-order chi connectivity index (χ0) is 23.3. The topological polar surface area (TPSA) is 90.5 Å². The van der Waals surface area contributed by atoms with E-state index in [0.717, 1.165) is 5.56 Å². The number of anilines is 1. The molecule has 0 aliphatic carbocycles. The Balaban J connectivity index is 1.79. The lowest BCUT2D eigenvalue weighted by atomic mass is 10.0. The van der Waals surface area contributed by atoms with Crippen LogP contribution in [0.3, 0.4) is 0 Å². The molecule has 1 saturated heterocycles. The normalized spacial score (nSPS) is 17.5. The minimum absolute atomic E-state index is 0.0382. The van der Waals surface area contributed by atoms with Crippen molar-refractivity contribution in [2.24, 2.45) is 0 Å². The molecule has 170 valence electrons. The van der Waals surface area contributed by atoms with Crippen LogP contribution in [0, 0.1) is 12.7 Å². The number of carbonyl (C=O) groups is 2. The highest BCUT2D eigenvalue weighted by atomic mass is 19.1. The molecule has 1 aromatic heterocycles. The average molecular weight is 441 g/mol. The van der Waals surface area contributed by atoms with Crippen LogP contribution in [0.5, 0.6) is 0 Å². The van der Waals surface area contributed by atoms with Crippen molar-refractivity contribution in [3.63, 3.8) is 0 Å². The second kappa shape index (κ2) is 10.3. The van der Waals surface area contributed by atoms with E-state index in [9.17, 15) is 14.0 Å². The van der Waals surface area contributed by atoms with Crippen molar-refractivity contribution in [3.8, 4) is 0 Å². The number of rotatable bonds is 7. The van der Waals surface area contributed by atoms with Crippen molar-refractivity contribution in [2.75, 3.05) is 38.5 Å². The van der Waals surface area contributed by atoms with Gasteiger partial charge in [-0.15, -0.1) is 10.2 Å². The van der Waals surface area contributed by atoms with E-state index in [-0.39, 0.29) is 35.4 Å². The SMILES string of the molecule is C=CC(=O)N1CCN(C[C@H](Nc2ccc(C(=O)NC)nn2)c2ccc(C)c(F)c2)C[C@H]1C. The number of aryl methyl sites for hydroxylation is 1. The Labute approximate surface area is 187 Å². The van der Waals surface area contributed by atoms with Gasteiger partial charge < -0.3 is 15.5 Å². The van der Waals surface area contributed by atoms with Crippen LogP contribution >= 0.6 is 0 Å². The van der Waals surface area contributed by atoms with Crippen molar-refractivity contribution in [2.45, 2.75) is 25.9 Å². The van der Waals surface area contributed by atoms with Crippen molar-refractivity contribution < 1.29 is 14.0 Å². The van der Waals surface area contributed by atoms with E-state index >= 15 is 0 Å². The Hall–Kier alpha value is -3.33. The number of benzene rings is 1. The van der Waals surface area contributed by atoms with Crippen LogP contribution in [-0.4, -0.2) is 71.1 Å². The molecule has 2 aromatic rings. The van der Waals surface area contributed by atoms with Gasteiger partial charge in [0.15, 0.2) is 5.69 Å². The summed E-state index contributed by atoms with van der Waals surface area (Å²) < 4.78 is 14.3. The summed E-state index contributed by atoms with van der Waals surface area (Å²) in [6, 6.07) is 8.21. The van der Waals surface area contributed by atoms with Gasteiger partial charge >= 0.3 is 0 Å². The van der Waals surface area contributed by atoms with Gasteiger partial charge in [-0.3, -0.25) is 14.5 Å². The lowest BCUT2D eigenvalue weighted by Crippen LogP contribution is -2.54. The predicted octanol–water partition coefficient (Wildman–Crippen LogP) is 2.16. The number of aromatic nitrogens is 2. The molecule has 2 amide bonds. The van der Waals surface area contributed by atoms with E-state index in [4.69, 9.17) is 0 Å². The van der Waals surface area contributed by atoms with E-state index in [2.05, 4.69) is 32.3 Å². The first-order chi connectivity index (χ1) is 15.3. The van der Waals surface area contributed by atoms with E-state index in [0.29, 0.717) is 37.6 Å². The number of nitrogens with zero attached hydrogens (tertiary/aromatic N) is 4. The van der Waals surface area contributed by atoms with Gasteiger partial charge in [0.25, 0.3) is 5.91 Å². The number of hydrogen-bond donors (Lipinski definition) is 2. The van der Waals surface area contributed by atoms with Gasteiger partial charge in [0.1, 0.15) is 11.6 Å². The molecular formula is C23H29FN6O2. The maximum Gasteiger partial charge on any atom is 0.271 e. The standard InChI is InChI=1S/C23H29FN6O2/c1-5-22(31)30-11-10-29(13-16(30)3)14-20(17-7-6-15(2)18(24)12-17)26-21-9-8-19(27-28-21)23(32)25-4/h5-9,12,16,20H,1,10-11,13-14H2,2-4H3,(H,25,32)(H,26,28)/t16-,20+/m1/s1. The number of carbonyl (C=O) groups excluding carboxylic acids is 2. The van der Waals surface area contributed by atoms with Crippen LogP contribution in [0.15, 0.2) is 43.0 Å². The van der Waals surface area contributed by atoms with Gasteiger partial charge in [-0.05, 0) is 49.2 Å². The van der Waals surface area contributed by atoms with Gasteiger partial charge in [0.05, 0.1) is 6.04 Å². The zero-order valence-electron chi connectivity index (χ0n) is 18.6. The Morgan fingerprint density at radius 3 is 2.66 bits per heavy atom. The summed E-state index contributed by atoms with van der Waals surface area (Å²) in [5.41, 5.74) is 1.57. The molecule has 2 heterocycles. The molecule has 8 nitrogen and oxygen atoms in total. The fourth-order valence-corrected chi connectivity index (χ4v) is 3.80. The van der Waals surface area contributed by atoms with Crippen molar-refractivity contribution in [3.05, 3.63) is 65.6 Å². The van der Waals surface area contributed by atoms with Crippen molar-refractivity contribution >= 4 is 17.6 Å². The van der Waals surface area contributed by atoms with Gasteiger partial charge in [0, 0.05) is 39.3 Å². The number of halogens is 1. The molecule has 0 saturated carbocycles. The average Bonchev–Trinajstić information content (AvgIpc) is 2.80. The molecule has 0 spiro atoms. The van der Waals surface area contributed by atoms with Crippen molar-refractivity contribution in [1.29, 1.82) is 0 Å². The molecule has 0 bridgehead atoms. The third kappa shape index (κ3) is 5.47. The molecule has 32 heavy (non-hydrogen) atoms. The summed E-state index contributed by atoms with van der Waals surface area (Å²) in [6.45, 7) is 9.87. The highest BCUT2D eigenvalue weighted by Gasteiger charge is 2.28. The summed E-state index contributed by atoms with van der Waals surface area (Å²) >= 11 is 0. The third-order valence-electron chi connectivity index (χ3n) is 5.65. The first-order valence-electron chi connectivity index (χ1n) is 10.6. The molecular weight excluding hydrogens is 411 g/mol. The fourth-order valence-electron chi connectivity index (χ4n) is 3.80. The molecule has 0 unspecified atom stereocenters. The van der Waals surface area contributed by atoms with Crippen LogP contribution in [0.4, 0.5) is 10.2 Å². The number of amides is 2. The van der Waals surface area contributed by atoms with Gasteiger partial charge in [0.2, 0.25) is 5.91 Å². The molecule has 1 aliphatic heterocycles. The van der Waals surface area contributed by atoms with E-state index in [1.165, 1.54) is 19.2 Å². The molecule has 9 heteroatoms. The van der Waals surface area contributed by atoms with Crippen molar-refractivity contribution in [1.82, 2.24) is 25.3 Å². The molecule has 1 aliphatic rings. The summed E-state index contributed by atoms with van der Waals surface area (Å²) in [5.74, 6) is -0.177. The molecule has 2 atom stereocenters. The highest BCUT2D eigenvalue weighted by molar-refractivity contribution is 5.91. The molecule has 0 radical (unpaired) electrons. The summed E-state index contributed by atoms with van der Waals surface area (Å²) in [6.07, 6.45) is 1.34. The second-order valence-corrected chi connectivity index (χ2v) is 7.93. The minimum atomic E-state index is -0.317. The predicted molar refractivity (Wildman–Crippen MR) is 121 cm³/mol. The number of nitrogens with one attached hydrogen (secondary N) is 2. The minimum Gasteiger partial charge on any atom is -0.360 e. The quantitative estimate of drug-likeness (QED) is 0.642. The van der Waals surface area contributed by atoms with Crippen LogP contribution in [0.1, 0.15) is 34.6 Å². The summed E-state index contributed by atoms with van der Waals surface area (Å²) in [7, 11) is 1.53. The van der Waals surface area contributed by atoms with Crippen LogP contribution in [0.2, 0.25) is 0 Å². The third-order valence-corrected chi connectivity index (χ3v) is 5.65. The lowest BCUT2D eigenvalue weighted by Gasteiger charge is -2.40. The molecule has 1 aromatic carbocycles. The lowest BCUT2D eigenvalue weighted by molar-refractivity contribution is -0.130. The summed E-state index contributed by atoms with van der Waals surface area (Å²) in [4.78, 5) is 27.8. The molecule has 2 N–H and O–H groups in total. The van der Waals surface area contributed by atoms with Crippen LogP contribution in [0.25, 0.3) is 0 Å². The smallest absolute Gasteiger partial charge is 0.271 e. The summed E-state index contributed by atoms with van der Waals surface area (Å²) in [5, 5.41) is 13.9. The maximum atomic E-state index is 14.3. The molecule has 1 fully saturated rings. The second-order valence-electron chi connectivity index (χ2n) is 7.93. The van der Waals surface area contributed by atoms with Crippen LogP contribution < -0.4 is 10.6 Å². The van der Waals surface area contributed by atoms with E-state index < -0.39 is 0 Å². The van der Waals surface area contributed by atoms with E-state index in [1.807, 2.05) is 13.0 Å².